The summed E-state index contributed by atoms with van der Waals surface area (Å²) in [6.07, 6.45) is 1.87. The van der Waals surface area contributed by atoms with Gasteiger partial charge in [0.25, 0.3) is 0 Å². The molecule has 1 aromatic carbocycles. The quantitative estimate of drug-likeness (QED) is 0.733. The summed E-state index contributed by atoms with van der Waals surface area (Å²) in [5.74, 6) is 1.52. The van der Waals surface area contributed by atoms with Gasteiger partial charge in [0, 0.05) is 11.1 Å². The van der Waals surface area contributed by atoms with Gasteiger partial charge in [0.05, 0.1) is 6.61 Å². The molecule has 0 aliphatic heterocycles. The summed E-state index contributed by atoms with van der Waals surface area (Å²) in [5, 5.41) is 0. The third-order valence-electron chi connectivity index (χ3n) is 2.63. The molecule has 0 aliphatic carbocycles. The fourth-order valence-electron chi connectivity index (χ4n) is 1.72. The van der Waals surface area contributed by atoms with Crippen molar-refractivity contribution in [2.45, 2.75) is 40.0 Å². The van der Waals surface area contributed by atoms with Gasteiger partial charge in [0.2, 0.25) is 0 Å². The summed E-state index contributed by atoms with van der Waals surface area (Å²) < 4.78 is 5.98. The van der Waals surface area contributed by atoms with E-state index in [4.69, 9.17) is 4.74 Å². The van der Waals surface area contributed by atoms with Crippen LogP contribution in [0.25, 0.3) is 6.08 Å². The van der Waals surface area contributed by atoms with Gasteiger partial charge in [-0.25, -0.2) is 0 Å². The zero-order chi connectivity index (χ0) is 13.1. The second-order valence-electron chi connectivity index (χ2n) is 5.88. The van der Waals surface area contributed by atoms with Crippen LogP contribution in [0.3, 0.4) is 0 Å². The molecule has 17 heavy (non-hydrogen) atoms. The molecule has 0 saturated heterocycles. The Morgan fingerprint density at radius 1 is 1.29 bits per heavy atom. The first kappa shape index (κ1) is 13.8. The number of benzene rings is 1. The van der Waals surface area contributed by atoms with E-state index in [0.29, 0.717) is 5.92 Å². The molecule has 0 bridgehead atoms. The zero-order valence-electron chi connectivity index (χ0n) is 11.7. The Kier molecular flexibility index (Phi) is 4.39. The van der Waals surface area contributed by atoms with Gasteiger partial charge in [0.15, 0.2) is 0 Å². The smallest absolute Gasteiger partial charge is 0.130 e. The number of hydrogen-bond acceptors (Lipinski definition) is 1. The van der Waals surface area contributed by atoms with Crippen molar-refractivity contribution >= 4 is 6.08 Å². The molecule has 0 amide bonds. The fraction of sp³-hybridized carbons (Fsp3) is 0.500. The van der Waals surface area contributed by atoms with Crippen molar-refractivity contribution in [1.82, 2.24) is 0 Å². The molecule has 1 rings (SSSR count). The van der Waals surface area contributed by atoms with Crippen LogP contribution in [0.15, 0.2) is 24.8 Å². The summed E-state index contributed by atoms with van der Waals surface area (Å²) in [6, 6.07) is 6.26. The van der Waals surface area contributed by atoms with E-state index in [-0.39, 0.29) is 5.41 Å². The molecular formula is C16H24O. The summed E-state index contributed by atoms with van der Waals surface area (Å²) in [6.45, 7) is 15.5. The van der Waals surface area contributed by atoms with E-state index in [1.54, 1.807) is 0 Å². The van der Waals surface area contributed by atoms with Crippen molar-refractivity contribution in [3.63, 3.8) is 0 Å². The van der Waals surface area contributed by atoms with Gasteiger partial charge in [0.1, 0.15) is 5.75 Å². The Morgan fingerprint density at radius 3 is 2.41 bits per heavy atom. The predicted molar refractivity (Wildman–Crippen MR) is 75.6 cm³/mol. The topological polar surface area (TPSA) is 9.23 Å². The van der Waals surface area contributed by atoms with E-state index in [1.165, 1.54) is 5.56 Å². The molecule has 0 heterocycles. The lowest BCUT2D eigenvalue weighted by Gasteiger charge is -2.24. The predicted octanol–water partition coefficient (Wildman–Crippen LogP) is 4.66. The van der Waals surface area contributed by atoms with E-state index in [9.17, 15) is 0 Å². The SMILES string of the molecule is C=Cc1cccc(C(C)(C)C)c1OCC(C)C. The van der Waals surface area contributed by atoms with Crippen LogP contribution in [0.5, 0.6) is 5.75 Å². The Bertz CT molecular complexity index is 383. The lowest BCUT2D eigenvalue weighted by Crippen LogP contribution is -2.15. The van der Waals surface area contributed by atoms with Crippen molar-refractivity contribution in [2.24, 2.45) is 5.92 Å². The number of hydrogen-bond donors (Lipinski definition) is 0. The molecule has 0 unspecified atom stereocenters. The average Bonchev–Trinajstić information content (AvgIpc) is 2.24. The van der Waals surface area contributed by atoms with Crippen LogP contribution in [-0.2, 0) is 5.41 Å². The summed E-state index contributed by atoms with van der Waals surface area (Å²) in [5.41, 5.74) is 2.42. The first-order valence-electron chi connectivity index (χ1n) is 6.25. The molecule has 0 N–H and O–H groups in total. The van der Waals surface area contributed by atoms with Crippen LogP contribution in [0.4, 0.5) is 0 Å². The highest BCUT2D eigenvalue weighted by molar-refractivity contribution is 5.59. The van der Waals surface area contributed by atoms with Crippen molar-refractivity contribution < 1.29 is 4.74 Å². The first-order valence-corrected chi connectivity index (χ1v) is 6.25. The second-order valence-corrected chi connectivity index (χ2v) is 5.88. The minimum absolute atomic E-state index is 0.0886. The van der Waals surface area contributed by atoms with E-state index >= 15 is 0 Å². The Hall–Kier alpha value is -1.24. The lowest BCUT2D eigenvalue weighted by atomic mass is 9.85. The van der Waals surface area contributed by atoms with Gasteiger partial charge < -0.3 is 4.74 Å². The average molecular weight is 232 g/mol. The first-order chi connectivity index (χ1) is 7.86. The highest BCUT2D eigenvalue weighted by atomic mass is 16.5. The molecule has 1 aromatic rings. The normalized spacial score (nSPS) is 11.6. The highest BCUT2D eigenvalue weighted by Crippen LogP contribution is 2.34. The summed E-state index contributed by atoms with van der Waals surface area (Å²) in [7, 11) is 0. The van der Waals surface area contributed by atoms with Crippen LogP contribution >= 0.6 is 0 Å². The van der Waals surface area contributed by atoms with Crippen LogP contribution < -0.4 is 4.74 Å². The van der Waals surface area contributed by atoms with E-state index < -0.39 is 0 Å². The van der Waals surface area contributed by atoms with E-state index in [1.807, 2.05) is 6.08 Å². The third-order valence-corrected chi connectivity index (χ3v) is 2.63. The minimum atomic E-state index is 0.0886. The standard InChI is InChI=1S/C16H24O/c1-7-13-9-8-10-14(16(4,5)6)15(13)17-11-12(2)3/h7-10,12H,1,11H2,2-6H3. The molecule has 0 aromatic heterocycles. The largest absolute Gasteiger partial charge is 0.492 e. The highest BCUT2D eigenvalue weighted by Gasteiger charge is 2.20. The molecule has 1 heteroatoms. The Labute approximate surface area is 106 Å². The molecule has 0 fully saturated rings. The minimum Gasteiger partial charge on any atom is -0.492 e. The van der Waals surface area contributed by atoms with Crippen molar-refractivity contribution in [1.29, 1.82) is 0 Å². The van der Waals surface area contributed by atoms with Crippen molar-refractivity contribution in [2.75, 3.05) is 6.61 Å². The molecular weight excluding hydrogens is 208 g/mol. The van der Waals surface area contributed by atoms with Crippen LogP contribution in [0.2, 0.25) is 0 Å². The van der Waals surface area contributed by atoms with E-state index in [0.717, 1.165) is 17.9 Å². The summed E-state index contributed by atoms with van der Waals surface area (Å²) in [4.78, 5) is 0. The Balaban J connectivity index is 3.16. The second kappa shape index (κ2) is 5.39. The molecule has 94 valence electrons. The molecule has 1 nitrogen and oxygen atoms in total. The van der Waals surface area contributed by atoms with Gasteiger partial charge in [-0.1, -0.05) is 65.5 Å². The molecule has 0 aliphatic rings. The van der Waals surface area contributed by atoms with Gasteiger partial charge in [-0.3, -0.25) is 0 Å². The number of rotatable bonds is 4. The van der Waals surface area contributed by atoms with Crippen LogP contribution in [0.1, 0.15) is 45.7 Å². The Morgan fingerprint density at radius 2 is 1.94 bits per heavy atom. The maximum absolute atomic E-state index is 5.98. The van der Waals surface area contributed by atoms with Gasteiger partial charge >= 0.3 is 0 Å². The van der Waals surface area contributed by atoms with Crippen molar-refractivity contribution in [3.8, 4) is 5.75 Å². The fourth-order valence-corrected chi connectivity index (χ4v) is 1.72. The molecule has 0 atom stereocenters. The maximum atomic E-state index is 5.98. The zero-order valence-corrected chi connectivity index (χ0v) is 11.7. The number of para-hydroxylation sites is 1. The monoisotopic (exact) mass is 232 g/mol. The maximum Gasteiger partial charge on any atom is 0.130 e. The molecule has 0 spiro atoms. The van der Waals surface area contributed by atoms with E-state index in [2.05, 4.69) is 59.4 Å². The lowest BCUT2D eigenvalue weighted by molar-refractivity contribution is 0.264. The molecule has 0 radical (unpaired) electrons. The molecule has 0 saturated carbocycles. The third kappa shape index (κ3) is 3.62. The van der Waals surface area contributed by atoms with Crippen LogP contribution in [0, 0.1) is 5.92 Å². The van der Waals surface area contributed by atoms with Gasteiger partial charge in [-0.15, -0.1) is 0 Å². The van der Waals surface area contributed by atoms with Gasteiger partial charge in [-0.05, 0) is 11.3 Å². The van der Waals surface area contributed by atoms with Gasteiger partial charge in [-0.2, -0.15) is 0 Å². The van der Waals surface area contributed by atoms with Crippen molar-refractivity contribution in [3.05, 3.63) is 35.9 Å². The number of ether oxygens (including phenoxy) is 1. The summed E-state index contributed by atoms with van der Waals surface area (Å²) >= 11 is 0. The van der Waals surface area contributed by atoms with Crippen LogP contribution in [-0.4, -0.2) is 6.61 Å².